The van der Waals surface area contributed by atoms with Gasteiger partial charge < -0.3 is 9.63 Å². The van der Waals surface area contributed by atoms with Crippen LogP contribution in [0.15, 0.2) is 0 Å². The molecule has 0 bridgehead atoms. The molecule has 2 atom stereocenters. The molecule has 1 N–H and O–H groups in total. The van der Waals surface area contributed by atoms with Gasteiger partial charge in [0.2, 0.25) is 0 Å². The molecule has 186 valence electrons. The Morgan fingerprint density at radius 2 is 1.42 bits per heavy atom. The molecule has 0 amide bonds. The highest BCUT2D eigenvalue weighted by Crippen LogP contribution is 2.43. The van der Waals surface area contributed by atoms with Crippen LogP contribution in [0, 0.1) is 0 Å². The van der Waals surface area contributed by atoms with Crippen LogP contribution in [-0.4, -0.2) is 42.2 Å². The maximum atomic E-state index is 13.0. The lowest BCUT2D eigenvalue weighted by molar-refractivity contribution is -0.152. The summed E-state index contributed by atoms with van der Waals surface area (Å²) >= 11 is 3.17. The van der Waals surface area contributed by atoms with Gasteiger partial charge in [-0.1, -0.05) is 99.9 Å². The number of alkyl halides is 2. The largest absolute Gasteiger partial charge is 0.472 e. The Kier molecular flexibility index (Phi) is 21.8. The molecule has 0 aliphatic carbocycles. The van der Waals surface area contributed by atoms with Crippen molar-refractivity contribution in [3.05, 3.63) is 0 Å². The molecule has 6 nitrogen and oxygen atoms in total. The topological polar surface area (TPSA) is 82.1 Å². The summed E-state index contributed by atoms with van der Waals surface area (Å²) < 4.78 is 39.1. The van der Waals surface area contributed by atoms with Gasteiger partial charge in [-0.2, -0.15) is 0 Å². The van der Waals surface area contributed by atoms with E-state index < -0.39 is 33.2 Å². The molecular weight excluding hydrogens is 490 g/mol. The maximum absolute atomic E-state index is 13.0. The van der Waals surface area contributed by atoms with Crippen molar-refractivity contribution in [1.29, 1.82) is 0 Å². The molecule has 0 aromatic rings. The van der Waals surface area contributed by atoms with E-state index in [1.807, 2.05) is 0 Å². The minimum atomic E-state index is -4.26. The van der Waals surface area contributed by atoms with Crippen molar-refractivity contribution in [1.82, 2.24) is 0 Å². The van der Waals surface area contributed by atoms with Crippen LogP contribution in [-0.2, 0) is 23.1 Å². The van der Waals surface area contributed by atoms with E-state index >= 15 is 0 Å². The van der Waals surface area contributed by atoms with Crippen LogP contribution in [0.3, 0.4) is 0 Å². The number of ether oxygens (including phenoxy) is 1. The van der Waals surface area contributed by atoms with E-state index in [0.29, 0.717) is 18.2 Å². The van der Waals surface area contributed by atoms with Crippen molar-refractivity contribution in [2.45, 2.75) is 109 Å². The summed E-state index contributed by atoms with van der Waals surface area (Å²) in [6, 6.07) is 0. The number of phosphoric acid groups is 1. The highest BCUT2D eigenvalue weighted by molar-refractivity contribution is 9.09. The molecule has 0 rings (SSSR count). The first-order valence-corrected chi connectivity index (χ1v) is 14.5. The summed E-state index contributed by atoms with van der Waals surface area (Å²) in [4.78, 5) is 21.3. The van der Waals surface area contributed by atoms with Crippen LogP contribution in [0.4, 0.5) is 4.39 Å². The predicted octanol–water partition coefficient (Wildman–Crippen LogP) is 7.27. The number of rotatable bonds is 23. The number of unbranched alkanes of at least 4 members (excludes halogenated alkanes) is 12. The average Bonchev–Trinajstić information content (AvgIpc) is 2.74. The lowest BCUT2D eigenvalue weighted by atomic mass is 10.0. The fraction of sp³-hybridized carbons (Fsp3) is 0.955. The second kappa shape index (κ2) is 21.8. The number of carbonyl (C=O) groups is 1. The molecule has 0 aromatic carbocycles. The van der Waals surface area contributed by atoms with Gasteiger partial charge in [0, 0.05) is 11.8 Å². The average molecular weight is 533 g/mol. The highest BCUT2D eigenvalue weighted by Gasteiger charge is 2.24. The zero-order valence-electron chi connectivity index (χ0n) is 19.2. The van der Waals surface area contributed by atoms with Gasteiger partial charge in [0.25, 0.3) is 0 Å². The molecule has 31 heavy (non-hydrogen) atoms. The minimum Gasteiger partial charge on any atom is -0.457 e. The Morgan fingerprint density at radius 1 is 0.903 bits per heavy atom. The first-order chi connectivity index (χ1) is 14.9. The molecule has 0 fully saturated rings. The first-order valence-electron chi connectivity index (χ1n) is 11.9. The molecule has 0 aromatic heterocycles. The quantitative estimate of drug-likeness (QED) is 0.0644. The van der Waals surface area contributed by atoms with Crippen LogP contribution < -0.4 is 0 Å². The lowest BCUT2D eigenvalue weighted by Gasteiger charge is -2.17. The SMILES string of the molecule is CCCCCCCCCCCCCCCC(=O)O[C@H](CF)COP(=O)(O)OCCCBr. The van der Waals surface area contributed by atoms with Crippen molar-refractivity contribution in [2.24, 2.45) is 0 Å². The Labute approximate surface area is 196 Å². The highest BCUT2D eigenvalue weighted by atomic mass is 79.9. The predicted molar refractivity (Wildman–Crippen MR) is 126 cm³/mol. The van der Waals surface area contributed by atoms with Crippen LogP contribution in [0.25, 0.3) is 0 Å². The molecule has 0 heterocycles. The third-order valence-electron chi connectivity index (χ3n) is 4.91. The standard InChI is InChI=1S/C22H43BrFO6P/c1-2-3-4-5-6-7-8-9-10-11-12-13-14-16-22(25)30-21(19-24)20-29-31(26,27)28-18-15-17-23/h21H,2-20H2,1H3,(H,26,27)/t21-/m1/s1. The fourth-order valence-electron chi connectivity index (χ4n) is 3.09. The summed E-state index contributed by atoms with van der Waals surface area (Å²) in [5.74, 6) is -0.512. The second-order valence-electron chi connectivity index (χ2n) is 7.90. The molecule has 0 aliphatic rings. The normalized spacial score (nSPS) is 14.3. The Hall–Kier alpha value is -0.0100. The third kappa shape index (κ3) is 21.6. The summed E-state index contributed by atoms with van der Waals surface area (Å²) in [6.07, 6.45) is 15.3. The monoisotopic (exact) mass is 532 g/mol. The molecule has 0 saturated heterocycles. The lowest BCUT2D eigenvalue weighted by Crippen LogP contribution is -2.25. The van der Waals surface area contributed by atoms with Crippen molar-refractivity contribution in [3.63, 3.8) is 0 Å². The van der Waals surface area contributed by atoms with Gasteiger partial charge >= 0.3 is 13.8 Å². The van der Waals surface area contributed by atoms with E-state index in [4.69, 9.17) is 13.8 Å². The molecule has 0 spiro atoms. The van der Waals surface area contributed by atoms with Crippen molar-refractivity contribution in [3.8, 4) is 0 Å². The van der Waals surface area contributed by atoms with Gasteiger partial charge in [0.15, 0.2) is 6.10 Å². The van der Waals surface area contributed by atoms with E-state index in [2.05, 4.69) is 22.9 Å². The van der Waals surface area contributed by atoms with E-state index in [1.165, 1.54) is 64.2 Å². The first kappa shape index (κ1) is 31.0. The third-order valence-corrected chi connectivity index (χ3v) is 6.46. The Balaban J connectivity index is 3.64. The van der Waals surface area contributed by atoms with E-state index in [1.54, 1.807) is 0 Å². The molecule has 0 radical (unpaired) electrons. The van der Waals surface area contributed by atoms with E-state index in [-0.39, 0.29) is 13.0 Å². The fourth-order valence-corrected chi connectivity index (χ4v) is 4.11. The van der Waals surface area contributed by atoms with Crippen molar-refractivity contribution in [2.75, 3.05) is 25.2 Å². The maximum Gasteiger partial charge on any atom is 0.472 e. The van der Waals surface area contributed by atoms with Crippen molar-refractivity contribution >= 4 is 29.7 Å². The Bertz CT molecular complexity index is 469. The summed E-state index contributed by atoms with van der Waals surface area (Å²) in [5.41, 5.74) is 0. The van der Waals surface area contributed by atoms with E-state index in [0.717, 1.165) is 12.8 Å². The van der Waals surface area contributed by atoms with Gasteiger partial charge in [-0.15, -0.1) is 0 Å². The molecule has 1 unspecified atom stereocenters. The van der Waals surface area contributed by atoms with Gasteiger partial charge in [0.1, 0.15) is 6.67 Å². The van der Waals surface area contributed by atoms with E-state index in [9.17, 15) is 18.6 Å². The second-order valence-corrected chi connectivity index (χ2v) is 10.1. The minimum absolute atomic E-state index is 0.0398. The van der Waals surface area contributed by atoms with Crippen LogP contribution in [0.2, 0.25) is 0 Å². The zero-order chi connectivity index (χ0) is 23.2. The van der Waals surface area contributed by atoms with Gasteiger partial charge in [-0.3, -0.25) is 13.8 Å². The number of hydrogen-bond donors (Lipinski definition) is 1. The number of esters is 1. The molecular formula is C22H43BrFO6P. The number of hydrogen-bond acceptors (Lipinski definition) is 5. The van der Waals surface area contributed by atoms with Gasteiger partial charge in [-0.25, -0.2) is 8.96 Å². The summed E-state index contributed by atoms with van der Waals surface area (Å²) in [7, 11) is -4.26. The number of carbonyl (C=O) groups excluding carboxylic acids is 1. The van der Waals surface area contributed by atoms with Gasteiger partial charge in [0.05, 0.1) is 13.2 Å². The Morgan fingerprint density at radius 3 is 1.90 bits per heavy atom. The van der Waals surface area contributed by atoms with Crippen LogP contribution in [0.1, 0.15) is 103 Å². The van der Waals surface area contributed by atoms with Crippen LogP contribution >= 0.6 is 23.8 Å². The summed E-state index contributed by atoms with van der Waals surface area (Å²) in [6.45, 7) is 0.786. The number of halogens is 2. The van der Waals surface area contributed by atoms with Crippen molar-refractivity contribution < 1.29 is 32.4 Å². The van der Waals surface area contributed by atoms with Crippen LogP contribution in [0.5, 0.6) is 0 Å². The summed E-state index contributed by atoms with van der Waals surface area (Å²) in [5, 5.41) is 0.622. The molecule has 0 saturated carbocycles. The smallest absolute Gasteiger partial charge is 0.457 e. The molecule has 9 heteroatoms. The molecule has 0 aliphatic heterocycles. The number of phosphoric ester groups is 1. The zero-order valence-corrected chi connectivity index (χ0v) is 21.7. The van der Waals surface area contributed by atoms with Gasteiger partial charge in [-0.05, 0) is 12.8 Å².